The van der Waals surface area contributed by atoms with Crippen molar-refractivity contribution in [2.24, 2.45) is 0 Å². The highest BCUT2D eigenvalue weighted by atomic mass is 31.2. The molecule has 0 radical (unpaired) electrons. The molecule has 0 bridgehead atoms. The summed E-state index contributed by atoms with van der Waals surface area (Å²) in [6, 6.07) is 0. The van der Waals surface area contributed by atoms with E-state index in [1.807, 2.05) is 6.92 Å². The lowest BCUT2D eigenvalue weighted by atomic mass is 10.0. The van der Waals surface area contributed by atoms with Crippen molar-refractivity contribution in [3.63, 3.8) is 0 Å². The number of ether oxygens (including phenoxy) is 2. The van der Waals surface area contributed by atoms with E-state index in [0.29, 0.717) is 12.8 Å². The Labute approximate surface area is 111 Å². The molecule has 0 aromatic carbocycles. The largest absolute Gasteiger partial charge is 0.355 e. The molecule has 0 spiro atoms. The lowest BCUT2D eigenvalue weighted by Gasteiger charge is -2.32. The van der Waals surface area contributed by atoms with Crippen LogP contribution in [0.5, 0.6) is 0 Å². The van der Waals surface area contributed by atoms with Crippen molar-refractivity contribution in [3.8, 4) is 0 Å². The zero-order valence-corrected chi connectivity index (χ0v) is 12.8. The van der Waals surface area contributed by atoms with Gasteiger partial charge in [0.25, 0.3) is 0 Å². The average Bonchev–Trinajstić information content (AvgIpc) is 2.43. The van der Waals surface area contributed by atoms with Crippen LogP contribution >= 0.6 is 7.37 Å². The molecular formula is C13H27O4P. The Bertz CT molecular complexity index is 260. The van der Waals surface area contributed by atoms with Crippen molar-refractivity contribution in [2.45, 2.75) is 57.4 Å². The van der Waals surface area contributed by atoms with Gasteiger partial charge in [-0.3, -0.25) is 4.57 Å². The van der Waals surface area contributed by atoms with Crippen LogP contribution in [0.2, 0.25) is 0 Å². The normalized spacial score (nSPS) is 21.1. The fourth-order valence-corrected chi connectivity index (χ4v) is 5.45. The molecule has 1 saturated carbocycles. The molecule has 1 fully saturated rings. The van der Waals surface area contributed by atoms with Gasteiger partial charge >= 0.3 is 0 Å². The van der Waals surface area contributed by atoms with Crippen LogP contribution in [0.1, 0.15) is 45.4 Å². The minimum atomic E-state index is -2.65. The molecular weight excluding hydrogens is 251 g/mol. The van der Waals surface area contributed by atoms with Gasteiger partial charge in [0.05, 0.1) is 12.8 Å². The molecule has 1 rings (SSSR count). The topological polar surface area (TPSA) is 44.8 Å². The van der Waals surface area contributed by atoms with Gasteiger partial charge in [-0.1, -0.05) is 26.2 Å². The van der Waals surface area contributed by atoms with Crippen molar-refractivity contribution in [1.29, 1.82) is 0 Å². The summed E-state index contributed by atoms with van der Waals surface area (Å²) < 4.78 is 29.2. The van der Waals surface area contributed by atoms with Crippen LogP contribution in [-0.4, -0.2) is 38.9 Å². The van der Waals surface area contributed by atoms with Gasteiger partial charge < -0.3 is 14.0 Å². The summed E-state index contributed by atoms with van der Waals surface area (Å²) in [5, 5.41) is 0. The van der Waals surface area contributed by atoms with Gasteiger partial charge in [-0.25, -0.2) is 0 Å². The molecule has 0 aromatic heterocycles. The lowest BCUT2D eigenvalue weighted by Crippen LogP contribution is -2.25. The molecule has 0 heterocycles. The fraction of sp³-hybridized carbons (Fsp3) is 1.00. The Kier molecular flexibility index (Phi) is 7.47. The van der Waals surface area contributed by atoms with Crippen LogP contribution in [0.3, 0.4) is 0 Å². The van der Waals surface area contributed by atoms with Crippen molar-refractivity contribution in [1.82, 2.24) is 0 Å². The third-order valence-corrected chi connectivity index (χ3v) is 6.63. The maximum atomic E-state index is 13.1. The van der Waals surface area contributed by atoms with Crippen molar-refractivity contribution >= 4 is 7.37 Å². The van der Waals surface area contributed by atoms with Crippen molar-refractivity contribution < 1.29 is 18.6 Å². The SMILES string of the molecule is CCCOP(=O)(CC(OC)OC)C1CCCCC1. The van der Waals surface area contributed by atoms with E-state index in [1.165, 1.54) is 6.42 Å². The second kappa shape index (κ2) is 8.31. The maximum absolute atomic E-state index is 13.1. The highest BCUT2D eigenvalue weighted by Crippen LogP contribution is 2.57. The highest BCUT2D eigenvalue weighted by molar-refractivity contribution is 7.59. The first-order valence-corrected chi connectivity index (χ1v) is 8.83. The van der Waals surface area contributed by atoms with Crippen LogP contribution < -0.4 is 0 Å². The van der Waals surface area contributed by atoms with E-state index in [2.05, 4.69) is 0 Å². The molecule has 1 aliphatic carbocycles. The Morgan fingerprint density at radius 2 is 1.78 bits per heavy atom. The van der Waals surface area contributed by atoms with E-state index in [9.17, 15) is 4.57 Å². The van der Waals surface area contributed by atoms with Gasteiger partial charge in [0.2, 0.25) is 7.37 Å². The van der Waals surface area contributed by atoms with E-state index >= 15 is 0 Å². The van der Waals surface area contributed by atoms with Gasteiger partial charge in [0.1, 0.15) is 0 Å². The van der Waals surface area contributed by atoms with Gasteiger partial charge in [-0.2, -0.15) is 0 Å². The van der Waals surface area contributed by atoms with E-state index in [4.69, 9.17) is 14.0 Å². The summed E-state index contributed by atoms with van der Waals surface area (Å²) in [5.41, 5.74) is 0.200. The second-order valence-corrected chi connectivity index (χ2v) is 7.74. The third-order valence-electron chi connectivity index (χ3n) is 3.57. The van der Waals surface area contributed by atoms with Crippen molar-refractivity contribution in [3.05, 3.63) is 0 Å². The van der Waals surface area contributed by atoms with Gasteiger partial charge in [-0.15, -0.1) is 0 Å². The Morgan fingerprint density at radius 3 is 2.28 bits per heavy atom. The fourth-order valence-electron chi connectivity index (χ4n) is 2.48. The quantitative estimate of drug-likeness (QED) is 0.502. The number of hydrogen-bond acceptors (Lipinski definition) is 4. The summed E-state index contributed by atoms with van der Waals surface area (Å²) >= 11 is 0. The molecule has 1 unspecified atom stereocenters. The van der Waals surface area contributed by atoms with Crippen LogP contribution in [0, 0.1) is 0 Å². The van der Waals surface area contributed by atoms with Gasteiger partial charge in [0, 0.05) is 19.9 Å². The van der Waals surface area contributed by atoms with E-state index < -0.39 is 13.7 Å². The van der Waals surface area contributed by atoms with Gasteiger partial charge in [-0.05, 0) is 19.3 Å². The standard InChI is InChI=1S/C13H27O4P/c1-4-10-17-18(14,11-13(15-2)16-3)12-8-6-5-7-9-12/h12-13H,4-11H2,1-3H3. The molecule has 1 aliphatic rings. The summed E-state index contributed by atoms with van der Waals surface area (Å²) in [7, 11) is 0.515. The summed E-state index contributed by atoms with van der Waals surface area (Å²) in [6.07, 6.45) is 6.45. The Hall–Kier alpha value is 0.110. The molecule has 0 amide bonds. The molecule has 5 heteroatoms. The second-order valence-electron chi connectivity index (χ2n) is 4.93. The smallest absolute Gasteiger partial charge is 0.211 e. The molecule has 108 valence electrons. The zero-order chi connectivity index (χ0) is 13.4. The first kappa shape index (κ1) is 16.2. The lowest BCUT2D eigenvalue weighted by molar-refractivity contribution is -0.0868. The van der Waals surface area contributed by atoms with Crippen LogP contribution in [0.15, 0.2) is 0 Å². The number of hydrogen-bond donors (Lipinski definition) is 0. The zero-order valence-electron chi connectivity index (χ0n) is 11.9. The van der Waals surface area contributed by atoms with Crippen LogP contribution in [0.4, 0.5) is 0 Å². The van der Waals surface area contributed by atoms with E-state index in [1.54, 1.807) is 14.2 Å². The molecule has 0 aromatic rings. The maximum Gasteiger partial charge on any atom is 0.211 e. The predicted octanol–water partition coefficient (Wildman–Crippen LogP) is 3.64. The molecule has 0 saturated heterocycles. The first-order valence-electron chi connectivity index (χ1n) is 6.95. The molecule has 4 nitrogen and oxygen atoms in total. The third kappa shape index (κ3) is 4.65. The molecule has 0 N–H and O–H groups in total. The summed E-state index contributed by atoms with van der Waals surface area (Å²) in [5.74, 6) is 0. The van der Waals surface area contributed by atoms with Crippen molar-refractivity contribution in [2.75, 3.05) is 27.0 Å². The van der Waals surface area contributed by atoms with E-state index in [-0.39, 0.29) is 5.66 Å². The average molecular weight is 278 g/mol. The summed E-state index contributed by atoms with van der Waals surface area (Å²) in [4.78, 5) is 0. The predicted molar refractivity (Wildman–Crippen MR) is 73.4 cm³/mol. The highest BCUT2D eigenvalue weighted by Gasteiger charge is 2.37. The minimum Gasteiger partial charge on any atom is -0.355 e. The molecule has 1 atom stereocenters. The van der Waals surface area contributed by atoms with Crippen LogP contribution in [-0.2, 0) is 18.6 Å². The molecule has 18 heavy (non-hydrogen) atoms. The Morgan fingerprint density at radius 1 is 1.17 bits per heavy atom. The number of rotatable bonds is 8. The summed E-state index contributed by atoms with van der Waals surface area (Å²) in [6.45, 7) is 2.60. The Balaban J connectivity index is 2.69. The van der Waals surface area contributed by atoms with Gasteiger partial charge in [0.15, 0.2) is 6.29 Å². The van der Waals surface area contributed by atoms with Crippen LogP contribution in [0.25, 0.3) is 0 Å². The van der Waals surface area contributed by atoms with E-state index in [0.717, 1.165) is 32.1 Å². The first-order chi connectivity index (χ1) is 8.66. The monoisotopic (exact) mass is 278 g/mol. The minimum absolute atomic E-state index is 0.200. The molecule has 0 aliphatic heterocycles. The number of methoxy groups -OCH3 is 2.